The van der Waals surface area contributed by atoms with E-state index in [0.717, 1.165) is 15.7 Å². The summed E-state index contributed by atoms with van der Waals surface area (Å²) in [5.41, 5.74) is 2.46. The summed E-state index contributed by atoms with van der Waals surface area (Å²) in [5.74, 6) is -0.00800. The van der Waals surface area contributed by atoms with Gasteiger partial charge in [0.15, 0.2) is 0 Å². The van der Waals surface area contributed by atoms with Gasteiger partial charge in [0.05, 0.1) is 11.6 Å². The molecule has 3 rings (SSSR count). The Morgan fingerprint density at radius 1 is 1.21 bits per heavy atom. The Kier molecular flexibility index (Phi) is 3.07. The van der Waals surface area contributed by atoms with Crippen molar-refractivity contribution in [2.24, 2.45) is 0 Å². The van der Waals surface area contributed by atoms with Gasteiger partial charge in [-0.2, -0.15) is 0 Å². The van der Waals surface area contributed by atoms with Gasteiger partial charge in [0.1, 0.15) is 11.7 Å². The van der Waals surface area contributed by atoms with Crippen LogP contribution in [-0.4, -0.2) is 5.84 Å². The highest BCUT2D eigenvalue weighted by atomic mass is 79.9. The van der Waals surface area contributed by atoms with Gasteiger partial charge in [-0.1, -0.05) is 17.7 Å². The molecule has 0 fully saturated rings. The van der Waals surface area contributed by atoms with Crippen molar-refractivity contribution in [1.82, 2.24) is 0 Å². The lowest BCUT2D eigenvalue weighted by Gasteiger charge is -2.18. The van der Waals surface area contributed by atoms with Gasteiger partial charge in [-0.3, -0.25) is 5.41 Å². The zero-order chi connectivity index (χ0) is 13.6. The first-order valence-corrected chi connectivity index (χ1v) is 6.83. The Hall–Kier alpha value is -1.39. The van der Waals surface area contributed by atoms with E-state index >= 15 is 0 Å². The maximum atomic E-state index is 13.2. The molecule has 2 aromatic rings. The molecule has 0 radical (unpaired) electrons. The second-order valence-electron chi connectivity index (χ2n) is 4.33. The Morgan fingerprint density at radius 2 is 2.00 bits per heavy atom. The third-order valence-electron chi connectivity index (χ3n) is 3.14. The van der Waals surface area contributed by atoms with Crippen molar-refractivity contribution in [2.45, 2.75) is 6.54 Å². The SMILES string of the molecule is N=C1c2cc(F)ccc2CN1c1ccc(Cl)c(Br)c1. The van der Waals surface area contributed by atoms with Crippen LogP contribution in [0.25, 0.3) is 0 Å². The molecule has 0 spiro atoms. The highest BCUT2D eigenvalue weighted by Crippen LogP contribution is 2.32. The lowest BCUT2D eigenvalue weighted by molar-refractivity contribution is 0.627. The molecule has 0 amide bonds. The van der Waals surface area contributed by atoms with E-state index in [2.05, 4.69) is 15.9 Å². The molecule has 0 saturated heterocycles. The number of rotatable bonds is 1. The van der Waals surface area contributed by atoms with Crippen molar-refractivity contribution < 1.29 is 4.39 Å². The highest BCUT2D eigenvalue weighted by molar-refractivity contribution is 9.10. The van der Waals surface area contributed by atoms with Crippen LogP contribution in [0.15, 0.2) is 40.9 Å². The molecular formula is C14H9BrClFN2. The first-order valence-electron chi connectivity index (χ1n) is 5.66. The molecular weight excluding hydrogens is 331 g/mol. The van der Waals surface area contributed by atoms with Gasteiger partial charge in [-0.05, 0) is 51.8 Å². The Labute approximate surface area is 123 Å². The van der Waals surface area contributed by atoms with Crippen LogP contribution in [0.1, 0.15) is 11.1 Å². The van der Waals surface area contributed by atoms with Crippen molar-refractivity contribution in [3.8, 4) is 0 Å². The molecule has 1 aliphatic rings. The minimum absolute atomic E-state index is 0.309. The summed E-state index contributed by atoms with van der Waals surface area (Å²) in [6.07, 6.45) is 0. The highest BCUT2D eigenvalue weighted by Gasteiger charge is 2.25. The number of hydrogen-bond donors (Lipinski definition) is 1. The molecule has 0 aromatic heterocycles. The molecule has 0 aliphatic carbocycles. The Balaban J connectivity index is 2.01. The van der Waals surface area contributed by atoms with Crippen LogP contribution in [0.3, 0.4) is 0 Å². The Morgan fingerprint density at radius 3 is 2.74 bits per heavy atom. The van der Waals surface area contributed by atoms with E-state index in [1.54, 1.807) is 12.1 Å². The van der Waals surface area contributed by atoms with Crippen molar-refractivity contribution >= 4 is 39.1 Å². The zero-order valence-corrected chi connectivity index (χ0v) is 12.1. The summed E-state index contributed by atoms with van der Waals surface area (Å²) in [7, 11) is 0. The molecule has 0 bridgehead atoms. The molecule has 19 heavy (non-hydrogen) atoms. The molecule has 5 heteroatoms. The standard InChI is InChI=1S/C14H9BrClFN2/c15-12-6-10(3-4-13(12)16)19-7-8-1-2-9(17)5-11(8)14(19)18/h1-6,18H,7H2. The van der Waals surface area contributed by atoms with Gasteiger partial charge in [-0.25, -0.2) is 4.39 Å². The lowest BCUT2D eigenvalue weighted by atomic mass is 10.1. The fourth-order valence-corrected chi connectivity index (χ4v) is 2.66. The third kappa shape index (κ3) is 2.15. The number of nitrogens with zero attached hydrogens (tertiary/aromatic N) is 1. The summed E-state index contributed by atoms with van der Waals surface area (Å²) in [4.78, 5) is 1.82. The smallest absolute Gasteiger partial charge is 0.133 e. The van der Waals surface area contributed by atoms with Crippen LogP contribution in [0.4, 0.5) is 10.1 Å². The van der Waals surface area contributed by atoms with Crippen LogP contribution in [-0.2, 0) is 6.54 Å². The van der Waals surface area contributed by atoms with E-state index in [1.807, 2.05) is 17.0 Å². The molecule has 0 atom stereocenters. The van der Waals surface area contributed by atoms with E-state index in [1.165, 1.54) is 12.1 Å². The van der Waals surface area contributed by atoms with Gasteiger partial charge in [0, 0.05) is 15.7 Å². The zero-order valence-electron chi connectivity index (χ0n) is 9.75. The minimum atomic E-state index is -0.317. The average molecular weight is 340 g/mol. The van der Waals surface area contributed by atoms with Crippen LogP contribution in [0, 0.1) is 11.2 Å². The summed E-state index contributed by atoms with van der Waals surface area (Å²) in [5, 5.41) is 8.78. The number of benzene rings is 2. The monoisotopic (exact) mass is 338 g/mol. The molecule has 1 heterocycles. The summed E-state index contributed by atoms with van der Waals surface area (Å²) < 4.78 is 14.0. The fourth-order valence-electron chi connectivity index (χ4n) is 2.18. The van der Waals surface area contributed by atoms with Crippen LogP contribution in [0.2, 0.25) is 5.02 Å². The van der Waals surface area contributed by atoms with Crippen molar-refractivity contribution in [2.75, 3.05) is 4.90 Å². The maximum Gasteiger partial charge on any atom is 0.133 e. The van der Waals surface area contributed by atoms with Gasteiger partial charge < -0.3 is 4.90 Å². The number of fused-ring (bicyclic) bond motifs is 1. The van der Waals surface area contributed by atoms with Crippen molar-refractivity contribution in [3.63, 3.8) is 0 Å². The molecule has 1 aliphatic heterocycles. The van der Waals surface area contributed by atoms with E-state index < -0.39 is 0 Å². The molecule has 0 saturated carbocycles. The minimum Gasteiger partial charge on any atom is -0.322 e. The van der Waals surface area contributed by atoms with Gasteiger partial charge in [-0.15, -0.1) is 0 Å². The summed E-state index contributed by atoms with van der Waals surface area (Å²) >= 11 is 9.34. The second kappa shape index (κ2) is 4.62. The molecule has 96 valence electrons. The number of halogens is 3. The topological polar surface area (TPSA) is 27.1 Å². The quantitative estimate of drug-likeness (QED) is 0.808. The molecule has 0 unspecified atom stereocenters. The fraction of sp³-hybridized carbons (Fsp3) is 0.0714. The predicted molar refractivity (Wildman–Crippen MR) is 78.6 cm³/mol. The van der Waals surface area contributed by atoms with Crippen molar-refractivity contribution in [3.05, 3.63) is 62.8 Å². The number of hydrogen-bond acceptors (Lipinski definition) is 1. The first kappa shape index (κ1) is 12.6. The second-order valence-corrected chi connectivity index (χ2v) is 5.60. The normalized spacial score (nSPS) is 13.8. The maximum absolute atomic E-state index is 13.2. The largest absolute Gasteiger partial charge is 0.322 e. The first-order chi connectivity index (χ1) is 9.06. The molecule has 1 N–H and O–H groups in total. The van der Waals surface area contributed by atoms with Crippen LogP contribution in [0.5, 0.6) is 0 Å². The van der Waals surface area contributed by atoms with Gasteiger partial charge in [0.25, 0.3) is 0 Å². The number of anilines is 1. The van der Waals surface area contributed by atoms with Crippen LogP contribution >= 0.6 is 27.5 Å². The number of nitrogens with one attached hydrogen (secondary N) is 1. The number of amidine groups is 1. The van der Waals surface area contributed by atoms with Gasteiger partial charge >= 0.3 is 0 Å². The van der Waals surface area contributed by atoms with Crippen LogP contribution < -0.4 is 4.90 Å². The van der Waals surface area contributed by atoms with E-state index in [9.17, 15) is 4.39 Å². The lowest BCUT2D eigenvalue weighted by Crippen LogP contribution is -2.22. The molecule has 2 nitrogen and oxygen atoms in total. The van der Waals surface area contributed by atoms with E-state index in [0.29, 0.717) is 23.0 Å². The third-order valence-corrected chi connectivity index (χ3v) is 4.35. The summed E-state index contributed by atoms with van der Waals surface area (Å²) in [6, 6.07) is 10.0. The van der Waals surface area contributed by atoms with Gasteiger partial charge in [0.2, 0.25) is 0 Å². The molecule has 2 aromatic carbocycles. The predicted octanol–water partition coefficient (Wildman–Crippen LogP) is 4.59. The Bertz CT molecular complexity index is 687. The average Bonchev–Trinajstić information content (AvgIpc) is 2.70. The van der Waals surface area contributed by atoms with E-state index in [4.69, 9.17) is 17.0 Å². The summed E-state index contributed by atoms with van der Waals surface area (Å²) in [6.45, 7) is 0.572. The van der Waals surface area contributed by atoms with Crippen molar-refractivity contribution in [1.29, 1.82) is 5.41 Å². The van der Waals surface area contributed by atoms with E-state index in [-0.39, 0.29) is 5.82 Å².